The third-order valence-electron chi connectivity index (χ3n) is 3.88. The van der Waals surface area contributed by atoms with E-state index in [1.54, 1.807) is 11.3 Å². The van der Waals surface area contributed by atoms with Crippen molar-refractivity contribution < 1.29 is 9.90 Å². The molecule has 1 aromatic heterocycles. The fourth-order valence-electron chi connectivity index (χ4n) is 2.66. The second kappa shape index (κ2) is 8.34. The summed E-state index contributed by atoms with van der Waals surface area (Å²) < 4.78 is 0. The van der Waals surface area contributed by atoms with Gasteiger partial charge in [0.15, 0.2) is 0 Å². The van der Waals surface area contributed by atoms with Crippen molar-refractivity contribution in [2.24, 2.45) is 5.92 Å². The van der Waals surface area contributed by atoms with Crippen molar-refractivity contribution in [3.8, 4) is 0 Å². The topological polar surface area (TPSA) is 74.2 Å². The van der Waals surface area contributed by atoms with Crippen LogP contribution in [0.15, 0.2) is 6.20 Å². The minimum Gasteiger partial charge on any atom is -0.393 e. The molecule has 0 spiro atoms. The first-order valence-electron chi connectivity index (χ1n) is 7.80. The van der Waals surface area contributed by atoms with E-state index in [0.717, 1.165) is 43.5 Å². The number of thiazole rings is 1. The fourth-order valence-corrected chi connectivity index (χ4v) is 3.52. The zero-order valence-electron chi connectivity index (χ0n) is 12.6. The Hall–Kier alpha value is -1.14. The van der Waals surface area contributed by atoms with Crippen molar-refractivity contribution in [1.29, 1.82) is 0 Å². The Balaban J connectivity index is 1.59. The van der Waals surface area contributed by atoms with Crippen LogP contribution in [0.5, 0.6) is 0 Å². The fraction of sp³-hybridized carbons (Fsp3) is 0.733. The van der Waals surface area contributed by atoms with E-state index in [2.05, 4.69) is 22.5 Å². The highest BCUT2D eigenvalue weighted by atomic mass is 32.1. The molecule has 6 heteroatoms. The first-order valence-corrected chi connectivity index (χ1v) is 8.62. The van der Waals surface area contributed by atoms with Gasteiger partial charge in [-0.05, 0) is 31.6 Å². The smallest absolute Gasteiger partial charge is 0.314 e. The molecule has 2 amide bonds. The summed E-state index contributed by atoms with van der Waals surface area (Å²) in [5.74, 6) is 0.408. The zero-order chi connectivity index (χ0) is 15.1. The predicted molar refractivity (Wildman–Crippen MR) is 84.6 cm³/mol. The highest BCUT2D eigenvalue weighted by molar-refractivity contribution is 7.11. The van der Waals surface area contributed by atoms with Gasteiger partial charge in [-0.1, -0.05) is 13.3 Å². The Morgan fingerprint density at radius 3 is 3.05 bits per heavy atom. The molecular formula is C15H25N3O2S. The standard InChI is InChI=1S/C15H25N3O2S/c1-2-13-10-17-14(21-13)6-7-16-15(20)18-9-11-4-3-5-12(19)8-11/h10-12,19H,2-9H2,1H3,(H2,16,18,20). The van der Waals surface area contributed by atoms with Crippen LogP contribution in [-0.2, 0) is 12.8 Å². The number of hydrogen-bond acceptors (Lipinski definition) is 4. The predicted octanol–water partition coefficient (Wildman–Crippen LogP) is 2.10. The molecule has 2 unspecified atom stereocenters. The summed E-state index contributed by atoms with van der Waals surface area (Å²) >= 11 is 1.71. The third-order valence-corrected chi connectivity index (χ3v) is 5.08. The Labute approximate surface area is 130 Å². The largest absolute Gasteiger partial charge is 0.393 e. The molecule has 1 aliphatic carbocycles. The van der Waals surface area contributed by atoms with Gasteiger partial charge in [0.2, 0.25) is 0 Å². The van der Waals surface area contributed by atoms with Crippen LogP contribution in [0.2, 0.25) is 0 Å². The average Bonchev–Trinajstić information content (AvgIpc) is 2.93. The Kier molecular flexibility index (Phi) is 6.45. The molecule has 5 nitrogen and oxygen atoms in total. The van der Waals surface area contributed by atoms with Crippen LogP contribution in [0.25, 0.3) is 0 Å². The van der Waals surface area contributed by atoms with Gasteiger partial charge in [-0.2, -0.15) is 0 Å². The SMILES string of the molecule is CCc1cnc(CCNC(=O)NCC2CCCC(O)C2)s1. The lowest BCUT2D eigenvalue weighted by Gasteiger charge is -2.25. The molecule has 1 fully saturated rings. The maximum absolute atomic E-state index is 11.7. The molecule has 1 aromatic rings. The molecule has 0 saturated heterocycles. The molecule has 1 aliphatic rings. The van der Waals surface area contributed by atoms with E-state index in [1.807, 2.05) is 6.20 Å². The number of nitrogens with zero attached hydrogens (tertiary/aromatic N) is 1. The van der Waals surface area contributed by atoms with E-state index >= 15 is 0 Å². The summed E-state index contributed by atoms with van der Waals surface area (Å²) in [7, 11) is 0. The highest BCUT2D eigenvalue weighted by Gasteiger charge is 2.20. The van der Waals surface area contributed by atoms with Crippen molar-refractivity contribution in [2.45, 2.75) is 51.6 Å². The summed E-state index contributed by atoms with van der Waals surface area (Å²) in [6.45, 7) is 3.38. The summed E-state index contributed by atoms with van der Waals surface area (Å²) in [6.07, 6.45) is 7.37. The molecule has 2 rings (SSSR count). The lowest BCUT2D eigenvalue weighted by molar-refractivity contribution is 0.101. The van der Waals surface area contributed by atoms with Gasteiger partial charge >= 0.3 is 6.03 Å². The maximum Gasteiger partial charge on any atom is 0.314 e. The van der Waals surface area contributed by atoms with Crippen LogP contribution in [0.4, 0.5) is 4.79 Å². The molecule has 1 saturated carbocycles. The monoisotopic (exact) mass is 311 g/mol. The van der Waals surface area contributed by atoms with Crippen molar-refractivity contribution in [3.05, 3.63) is 16.1 Å². The molecule has 1 heterocycles. The van der Waals surface area contributed by atoms with E-state index < -0.39 is 0 Å². The van der Waals surface area contributed by atoms with Crippen molar-refractivity contribution in [3.63, 3.8) is 0 Å². The van der Waals surface area contributed by atoms with Crippen molar-refractivity contribution >= 4 is 17.4 Å². The van der Waals surface area contributed by atoms with Gasteiger partial charge in [0.1, 0.15) is 0 Å². The van der Waals surface area contributed by atoms with E-state index in [-0.39, 0.29) is 12.1 Å². The van der Waals surface area contributed by atoms with E-state index in [0.29, 0.717) is 19.0 Å². The minimum absolute atomic E-state index is 0.123. The lowest BCUT2D eigenvalue weighted by Crippen LogP contribution is -2.40. The molecule has 3 N–H and O–H groups in total. The number of nitrogens with one attached hydrogen (secondary N) is 2. The number of urea groups is 1. The second-order valence-electron chi connectivity index (χ2n) is 5.65. The van der Waals surface area contributed by atoms with Gasteiger partial charge in [-0.3, -0.25) is 0 Å². The zero-order valence-corrected chi connectivity index (χ0v) is 13.4. The summed E-state index contributed by atoms with van der Waals surface area (Å²) in [4.78, 5) is 17.3. The van der Waals surface area contributed by atoms with Crippen LogP contribution < -0.4 is 10.6 Å². The number of aryl methyl sites for hydroxylation is 1. The number of carbonyl (C=O) groups is 1. The Bertz CT molecular complexity index is 450. The molecule has 118 valence electrons. The normalized spacial score (nSPS) is 22.0. The van der Waals surface area contributed by atoms with Crippen LogP contribution in [0.1, 0.15) is 42.5 Å². The second-order valence-corrected chi connectivity index (χ2v) is 6.85. The van der Waals surface area contributed by atoms with Crippen LogP contribution >= 0.6 is 11.3 Å². The minimum atomic E-state index is -0.189. The van der Waals surface area contributed by atoms with Gasteiger partial charge in [-0.25, -0.2) is 9.78 Å². The highest BCUT2D eigenvalue weighted by Crippen LogP contribution is 2.23. The van der Waals surface area contributed by atoms with Crippen LogP contribution in [-0.4, -0.2) is 35.3 Å². The first kappa shape index (κ1) is 16.2. The number of hydrogen-bond donors (Lipinski definition) is 3. The number of aliphatic hydroxyl groups is 1. The van der Waals surface area contributed by atoms with Crippen molar-refractivity contribution in [1.82, 2.24) is 15.6 Å². The Morgan fingerprint density at radius 2 is 2.33 bits per heavy atom. The number of amides is 2. The Morgan fingerprint density at radius 1 is 1.48 bits per heavy atom. The number of rotatable bonds is 6. The quantitative estimate of drug-likeness (QED) is 0.753. The van der Waals surface area contributed by atoms with Gasteiger partial charge in [0.05, 0.1) is 11.1 Å². The lowest BCUT2D eigenvalue weighted by atomic mass is 9.87. The average molecular weight is 311 g/mol. The molecule has 0 aromatic carbocycles. The molecule has 0 radical (unpaired) electrons. The van der Waals surface area contributed by atoms with Crippen LogP contribution in [0.3, 0.4) is 0 Å². The summed E-state index contributed by atoms with van der Waals surface area (Å²) in [5.41, 5.74) is 0. The van der Waals surface area contributed by atoms with E-state index in [4.69, 9.17) is 0 Å². The van der Waals surface area contributed by atoms with Crippen molar-refractivity contribution in [2.75, 3.05) is 13.1 Å². The third kappa shape index (κ3) is 5.63. The van der Waals surface area contributed by atoms with Gasteiger partial charge in [0.25, 0.3) is 0 Å². The number of aromatic nitrogens is 1. The number of carbonyl (C=O) groups excluding carboxylic acids is 1. The summed E-state index contributed by atoms with van der Waals surface area (Å²) in [5, 5.41) is 16.4. The maximum atomic E-state index is 11.7. The van der Waals surface area contributed by atoms with Gasteiger partial charge in [-0.15, -0.1) is 11.3 Å². The summed E-state index contributed by atoms with van der Waals surface area (Å²) in [6, 6.07) is -0.123. The van der Waals surface area contributed by atoms with Crippen LogP contribution in [0, 0.1) is 5.92 Å². The van der Waals surface area contributed by atoms with Gasteiger partial charge in [0, 0.05) is 30.6 Å². The number of aliphatic hydroxyl groups excluding tert-OH is 1. The first-order chi connectivity index (χ1) is 10.2. The van der Waals surface area contributed by atoms with Gasteiger partial charge < -0.3 is 15.7 Å². The molecule has 21 heavy (non-hydrogen) atoms. The molecular weight excluding hydrogens is 286 g/mol. The molecule has 0 aliphatic heterocycles. The molecule has 2 atom stereocenters. The molecule has 0 bridgehead atoms. The van der Waals surface area contributed by atoms with E-state index in [9.17, 15) is 9.90 Å². The van der Waals surface area contributed by atoms with E-state index in [1.165, 1.54) is 4.88 Å².